The van der Waals surface area contributed by atoms with Crippen molar-refractivity contribution in [2.75, 3.05) is 0 Å². The average Bonchev–Trinajstić information content (AvgIpc) is 2.60. The van der Waals surface area contributed by atoms with E-state index >= 15 is 0 Å². The summed E-state index contributed by atoms with van der Waals surface area (Å²) < 4.78 is 5.33. The Labute approximate surface area is 144 Å². The number of aromatic amines is 1. The first-order valence-electron chi connectivity index (χ1n) is 8.13. The highest BCUT2D eigenvalue weighted by molar-refractivity contribution is 8.00. The largest absolute Gasteiger partial charge is 0.460 e. The maximum Gasteiger partial charge on any atom is 0.319 e. The summed E-state index contributed by atoms with van der Waals surface area (Å²) in [6, 6.07) is 9.55. The summed E-state index contributed by atoms with van der Waals surface area (Å²) >= 11 is 1.23. The molecule has 5 nitrogen and oxygen atoms in total. The van der Waals surface area contributed by atoms with Gasteiger partial charge in [0, 0.05) is 5.56 Å². The summed E-state index contributed by atoms with van der Waals surface area (Å²) in [5.41, 5.74) is 2.54. The molecule has 1 atom stereocenters. The molecule has 0 amide bonds. The molecule has 0 aliphatic heterocycles. The lowest BCUT2D eigenvalue weighted by molar-refractivity contribution is -0.143. The monoisotopic (exact) mass is 344 g/mol. The van der Waals surface area contributed by atoms with Crippen LogP contribution in [0.15, 0.2) is 40.3 Å². The summed E-state index contributed by atoms with van der Waals surface area (Å²) in [5.74, 6) is -0.316. The van der Waals surface area contributed by atoms with Gasteiger partial charge in [-0.25, -0.2) is 4.98 Å². The fourth-order valence-electron chi connectivity index (χ4n) is 2.70. The van der Waals surface area contributed by atoms with E-state index in [0.717, 1.165) is 42.5 Å². The third-order valence-electron chi connectivity index (χ3n) is 4.01. The van der Waals surface area contributed by atoms with Gasteiger partial charge in [0.25, 0.3) is 5.56 Å². The van der Waals surface area contributed by atoms with E-state index in [9.17, 15) is 9.59 Å². The van der Waals surface area contributed by atoms with Gasteiger partial charge in [-0.05, 0) is 38.2 Å². The molecule has 0 radical (unpaired) electrons. The predicted octanol–water partition coefficient (Wildman–Crippen LogP) is 2.87. The molecular weight excluding hydrogens is 324 g/mol. The molecule has 1 unspecified atom stereocenters. The maximum absolute atomic E-state index is 12.1. The van der Waals surface area contributed by atoms with Gasteiger partial charge in [-0.3, -0.25) is 9.59 Å². The van der Waals surface area contributed by atoms with E-state index in [4.69, 9.17) is 4.74 Å². The van der Waals surface area contributed by atoms with Crippen molar-refractivity contribution >= 4 is 17.7 Å². The number of carbonyl (C=O) groups is 1. The number of aryl methyl sites for hydroxylation is 1. The Balaban J connectivity index is 1.62. The number of nitrogens with one attached hydrogen (secondary N) is 1. The van der Waals surface area contributed by atoms with E-state index in [2.05, 4.69) is 9.97 Å². The Hall–Kier alpha value is -2.08. The molecule has 0 bridgehead atoms. The van der Waals surface area contributed by atoms with Gasteiger partial charge in [-0.15, -0.1) is 0 Å². The highest BCUT2D eigenvalue weighted by atomic mass is 32.2. The molecule has 1 aromatic heterocycles. The molecule has 1 N–H and O–H groups in total. The lowest BCUT2D eigenvalue weighted by Gasteiger charge is -2.15. The molecule has 3 rings (SSSR count). The van der Waals surface area contributed by atoms with Gasteiger partial charge in [0.15, 0.2) is 5.16 Å². The van der Waals surface area contributed by atoms with Crippen LogP contribution in [0.5, 0.6) is 0 Å². The van der Waals surface area contributed by atoms with Crippen molar-refractivity contribution in [3.8, 4) is 0 Å². The van der Waals surface area contributed by atoms with Crippen molar-refractivity contribution < 1.29 is 9.53 Å². The Morgan fingerprint density at radius 3 is 2.83 bits per heavy atom. The molecule has 2 aromatic rings. The Morgan fingerprint density at radius 1 is 1.29 bits per heavy atom. The lowest BCUT2D eigenvalue weighted by Crippen LogP contribution is -2.23. The van der Waals surface area contributed by atoms with E-state index in [0.29, 0.717) is 5.16 Å². The summed E-state index contributed by atoms with van der Waals surface area (Å²) in [7, 11) is 0. The zero-order valence-electron chi connectivity index (χ0n) is 13.6. The topological polar surface area (TPSA) is 72.0 Å². The van der Waals surface area contributed by atoms with Gasteiger partial charge < -0.3 is 9.72 Å². The zero-order valence-corrected chi connectivity index (χ0v) is 14.4. The molecular formula is C18H20N2O3S. The van der Waals surface area contributed by atoms with E-state index < -0.39 is 5.25 Å². The summed E-state index contributed by atoms with van der Waals surface area (Å²) in [4.78, 5) is 31.6. The van der Waals surface area contributed by atoms with Crippen molar-refractivity contribution in [3.05, 3.63) is 57.5 Å². The van der Waals surface area contributed by atoms with Crippen LogP contribution >= 0.6 is 11.8 Å². The molecule has 126 valence electrons. The van der Waals surface area contributed by atoms with Crippen LogP contribution in [0.4, 0.5) is 0 Å². The first-order valence-corrected chi connectivity index (χ1v) is 9.01. The second kappa shape index (κ2) is 7.66. The van der Waals surface area contributed by atoms with Gasteiger partial charge in [-0.2, -0.15) is 0 Å². The van der Waals surface area contributed by atoms with Crippen LogP contribution in [-0.2, 0) is 29.0 Å². The van der Waals surface area contributed by atoms with E-state index in [1.807, 2.05) is 30.3 Å². The number of nitrogens with zero attached hydrogens (tertiary/aromatic N) is 1. The Morgan fingerprint density at radius 2 is 2.04 bits per heavy atom. The second-order valence-electron chi connectivity index (χ2n) is 5.86. The van der Waals surface area contributed by atoms with Crippen LogP contribution in [0.3, 0.4) is 0 Å². The number of fused-ring (bicyclic) bond motifs is 1. The predicted molar refractivity (Wildman–Crippen MR) is 93.1 cm³/mol. The number of hydrogen-bond acceptors (Lipinski definition) is 5. The minimum absolute atomic E-state index is 0.0768. The highest BCUT2D eigenvalue weighted by Crippen LogP contribution is 2.23. The number of H-pyrrole nitrogens is 1. The van der Waals surface area contributed by atoms with Gasteiger partial charge in [0.05, 0.1) is 5.69 Å². The quantitative estimate of drug-likeness (QED) is 0.513. The van der Waals surface area contributed by atoms with E-state index in [1.165, 1.54) is 11.8 Å². The van der Waals surface area contributed by atoms with Gasteiger partial charge in [-0.1, -0.05) is 42.1 Å². The molecule has 1 heterocycles. The van der Waals surface area contributed by atoms with E-state index in [-0.39, 0.29) is 18.1 Å². The molecule has 1 aliphatic carbocycles. The number of aromatic nitrogens is 2. The fraction of sp³-hybridized carbons (Fsp3) is 0.389. The number of thioether (sulfide) groups is 1. The van der Waals surface area contributed by atoms with Crippen molar-refractivity contribution in [1.29, 1.82) is 0 Å². The molecule has 1 aromatic carbocycles. The number of ether oxygens (including phenoxy) is 1. The summed E-state index contributed by atoms with van der Waals surface area (Å²) in [6.07, 6.45) is 3.71. The Kier molecular flexibility index (Phi) is 5.35. The number of carbonyl (C=O) groups excluding carboxylic acids is 1. The van der Waals surface area contributed by atoms with Crippen LogP contribution in [0.1, 0.15) is 36.6 Å². The molecule has 1 aliphatic rings. The molecule has 0 saturated heterocycles. The molecule has 24 heavy (non-hydrogen) atoms. The van der Waals surface area contributed by atoms with Crippen LogP contribution in [0.2, 0.25) is 0 Å². The Bertz CT molecular complexity index is 774. The smallest absolute Gasteiger partial charge is 0.319 e. The molecule has 6 heteroatoms. The van der Waals surface area contributed by atoms with Gasteiger partial charge >= 0.3 is 5.97 Å². The number of hydrogen-bond donors (Lipinski definition) is 1. The molecule has 0 saturated carbocycles. The van der Waals surface area contributed by atoms with E-state index in [1.54, 1.807) is 6.92 Å². The minimum atomic E-state index is -0.432. The van der Waals surface area contributed by atoms with Gasteiger partial charge in [0.1, 0.15) is 11.9 Å². The first kappa shape index (κ1) is 16.8. The van der Waals surface area contributed by atoms with Crippen LogP contribution in [0.25, 0.3) is 0 Å². The molecule has 0 fully saturated rings. The van der Waals surface area contributed by atoms with Crippen molar-refractivity contribution in [1.82, 2.24) is 9.97 Å². The summed E-state index contributed by atoms with van der Waals surface area (Å²) in [6.45, 7) is 2.01. The SMILES string of the molecule is CC(Sc1nc2c(c(=O)[nH]1)CCCC2)C(=O)OCc1ccccc1. The third kappa shape index (κ3) is 4.06. The number of rotatable bonds is 5. The fourth-order valence-corrected chi connectivity index (χ4v) is 3.51. The zero-order chi connectivity index (χ0) is 16.9. The van der Waals surface area contributed by atoms with Crippen LogP contribution < -0.4 is 5.56 Å². The standard InChI is InChI=1S/C18H20N2O3S/c1-12(17(22)23-11-13-7-3-2-4-8-13)24-18-19-15-10-6-5-9-14(15)16(21)20-18/h2-4,7-8,12H,5-6,9-11H2,1H3,(H,19,20,21). The van der Waals surface area contributed by atoms with Crippen molar-refractivity contribution in [2.24, 2.45) is 0 Å². The highest BCUT2D eigenvalue weighted by Gasteiger charge is 2.20. The normalized spacial score (nSPS) is 14.7. The lowest BCUT2D eigenvalue weighted by atomic mass is 9.97. The van der Waals surface area contributed by atoms with Gasteiger partial charge in [0.2, 0.25) is 0 Å². The summed E-state index contributed by atoms with van der Waals surface area (Å²) in [5, 5.41) is 0.0586. The average molecular weight is 344 g/mol. The van der Waals surface area contributed by atoms with Crippen molar-refractivity contribution in [3.63, 3.8) is 0 Å². The molecule has 0 spiro atoms. The maximum atomic E-state index is 12.1. The number of esters is 1. The van der Waals surface area contributed by atoms with Crippen LogP contribution in [0, 0.1) is 0 Å². The first-order chi connectivity index (χ1) is 11.6. The van der Waals surface area contributed by atoms with Crippen molar-refractivity contribution in [2.45, 2.75) is 49.6 Å². The second-order valence-corrected chi connectivity index (χ2v) is 7.19. The number of benzene rings is 1. The van der Waals surface area contributed by atoms with Crippen LogP contribution in [-0.4, -0.2) is 21.2 Å². The third-order valence-corrected chi connectivity index (χ3v) is 4.98. The minimum Gasteiger partial charge on any atom is -0.460 e.